The Kier molecular flexibility index (Phi) is 3.73. The highest BCUT2D eigenvalue weighted by atomic mass is 16.5. The van der Waals surface area contributed by atoms with Crippen LogP contribution in [0.3, 0.4) is 0 Å². The highest BCUT2D eigenvalue weighted by Crippen LogP contribution is 2.25. The fraction of sp³-hybridized carbons (Fsp3) is 0.909. The van der Waals surface area contributed by atoms with Gasteiger partial charge in [0.25, 0.3) is 0 Å². The Labute approximate surface area is 91.5 Å². The van der Waals surface area contributed by atoms with E-state index in [1.165, 1.54) is 0 Å². The van der Waals surface area contributed by atoms with Gasteiger partial charge in [-0.05, 0) is 26.2 Å². The number of amides is 1. The summed E-state index contributed by atoms with van der Waals surface area (Å²) in [6, 6.07) is -0.436. The second-order valence-electron chi connectivity index (χ2n) is 4.94. The average molecular weight is 214 g/mol. The van der Waals surface area contributed by atoms with E-state index in [-0.39, 0.29) is 23.5 Å². The highest BCUT2D eigenvalue weighted by Gasteiger charge is 2.39. The Morgan fingerprint density at radius 3 is 2.60 bits per heavy atom. The van der Waals surface area contributed by atoms with Crippen LogP contribution >= 0.6 is 0 Å². The van der Waals surface area contributed by atoms with Crippen LogP contribution in [0, 0.1) is 5.92 Å². The van der Waals surface area contributed by atoms with E-state index in [9.17, 15) is 4.79 Å². The summed E-state index contributed by atoms with van der Waals surface area (Å²) in [6.07, 6.45) is 0.908. The molecule has 1 heterocycles. The molecule has 2 unspecified atom stereocenters. The molecule has 1 aliphatic heterocycles. The zero-order valence-corrected chi connectivity index (χ0v) is 10.0. The third-order valence-corrected chi connectivity index (χ3v) is 3.32. The lowest BCUT2D eigenvalue weighted by Crippen LogP contribution is -2.56. The number of carbonyl (C=O) groups is 1. The van der Waals surface area contributed by atoms with Crippen molar-refractivity contribution in [2.24, 2.45) is 11.7 Å². The molecule has 1 aliphatic rings. The van der Waals surface area contributed by atoms with Gasteiger partial charge in [-0.15, -0.1) is 0 Å². The molecular weight excluding hydrogens is 192 g/mol. The smallest absolute Gasteiger partial charge is 0.237 e. The first-order chi connectivity index (χ1) is 6.87. The van der Waals surface area contributed by atoms with Crippen LogP contribution < -0.4 is 11.1 Å². The van der Waals surface area contributed by atoms with Gasteiger partial charge in [0, 0.05) is 6.61 Å². The topological polar surface area (TPSA) is 64.4 Å². The molecule has 1 amide bonds. The number of hydrogen-bond donors (Lipinski definition) is 2. The van der Waals surface area contributed by atoms with Gasteiger partial charge >= 0.3 is 0 Å². The van der Waals surface area contributed by atoms with Crippen LogP contribution in [0.15, 0.2) is 0 Å². The minimum absolute atomic E-state index is 0.0563. The molecule has 1 fully saturated rings. The van der Waals surface area contributed by atoms with Gasteiger partial charge < -0.3 is 15.8 Å². The van der Waals surface area contributed by atoms with E-state index in [1.54, 1.807) is 0 Å². The zero-order valence-electron chi connectivity index (χ0n) is 10.0. The lowest BCUT2D eigenvalue weighted by molar-refractivity contribution is -0.125. The summed E-state index contributed by atoms with van der Waals surface area (Å²) < 4.78 is 5.45. The van der Waals surface area contributed by atoms with Crippen LogP contribution in [0.2, 0.25) is 0 Å². The van der Waals surface area contributed by atoms with Crippen molar-refractivity contribution in [2.45, 2.75) is 51.8 Å². The molecular formula is C11H22N2O2. The average Bonchev–Trinajstić information content (AvgIpc) is 2.45. The molecule has 1 saturated heterocycles. The predicted octanol–water partition coefficient (Wildman–Crippen LogP) is 0.653. The van der Waals surface area contributed by atoms with Crippen LogP contribution in [-0.2, 0) is 9.53 Å². The lowest BCUT2D eigenvalue weighted by atomic mass is 9.93. The van der Waals surface area contributed by atoms with Gasteiger partial charge in [0.05, 0.1) is 17.7 Å². The quantitative estimate of drug-likeness (QED) is 0.725. The van der Waals surface area contributed by atoms with E-state index in [4.69, 9.17) is 10.5 Å². The predicted molar refractivity (Wildman–Crippen MR) is 59.4 cm³/mol. The fourth-order valence-corrected chi connectivity index (χ4v) is 1.67. The van der Waals surface area contributed by atoms with Gasteiger partial charge in [0.15, 0.2) is 0 Å². The van der Waals surface area contributed by atoms with E-state index in [0.29, 0.717) is 6.61 Å². The van der Waals surface area contributed by atoms with Gasteiger partial charge in [-0.3, -0.25) is 4.79 Å². The van der Waals surface area contributed by atoms with Gasteiger partial charge in [0.1, 0.15) is 0 Å². The monoisotopic (exact) mass is 214 g/mol. The molecule has 0 aliphatic carbocycles. The van der Waals surface area contributed by atoms with E-state index >= 15 is 0 Å². The van der Waals surface area contributed by atoms with Crippen molar-refractivity contribution in [3.8, 4) is 0 Å². The van der Waals surface area contributed by atoms with Crippen LogP contribution in [0.5, 0.6) is 0 Å². The van der Waals surface area contributed by atoms with E-state index in [0.717, 1.165) is 6.42 Å². The van der Waals surface area contributed by atoms with E-state index < -0.39 is 6.04 Å². The molecule has 0 radical (unpaired) electrons. The molecule has 0 saturated carbocycles. The number of ether oxygens (including phenoxy) is 1. The molecule has 0 aromatic rings. The molecule has 4 nitrogen and oxygen atoms in total. The van der Waals surface area contributed by atoms with Crippen LogP contribution in [0.4, 0.5) is 0 Å². The molecule has 0 aromatic carbocycles. The van der Waals surface area contributed by atoms with Crippen LogP contribution in [0.25, 0.3) is 0 Å². The van der Waals surface area contributed by atoms with Gasteiger partial charge in [-0.2, -0.15) is 0 Å². The first kappa shape index (κ1) is 12.5. The second kappa shape index (κ2) is 4.49. The van der Waals surface area contributed by atoms with Gasteiger partial charge in [-0.1, -0.05) is 13.8 Å². The van der Waals surface area contributed by atoms with Crippen molar-refractivity contribution < 1.29 is 9.53 Å². The van der Waals surface area contributed by atoms with Crippen molar-refractivity contribution in [3.05, 3.63) is 0 Å². The number of nitrogens with one attached hydrogen (secondary N) is 1. The number of hydrogen-bond acceptors (Lipinski definition) is 3. The highest BCUT2D eigenvalue weighted by molar-refractivity contribution is 5.82. The zero-order chi connectivity index (χ0) is 11.6. The lowest BCUT2D eigenvalue weighted by Gasteiger charge is -2.30. The van der Waals surface area contributed by atoms with E-state index in [1.807, 2.05) is 27.7 Å². The van der Waals surface area contributed by atoms with Crippen LogP contribution in [-0.4, -0.2) is 30.2 Å². The van der Waals surface area contributed by atoms with Crippen molar-refractivity contribution >= 4 is 5.91 Å². The Balaban J connectivity index is 2.57. The maximum absolute atomic E-state index is 11.8. The maximum Gasteiger partial charge on any atom is 0.237 e. The molecule has 0 bridgehead atoms. The Hall–Kier alpha value is -0.610. The molecule has 4 heteroatoms. The van der Waals surface area contributed by atoms with E-state index in [2.05, 4.69) is 5.32 Å². The SMILES string of the molecule is CC(C)[C@H](N)C(=O)NC1(C)CCOC1C. The third kappa shape index (κ3) is 2.69. The summed E-state index contributed by atoms with van der Waals surface area (Å²) in [6.45, 7) is 8.58. The number of rotatable bonds is 3. The third-order valence-electron chi connectivity index (χ3n) is 3.32. The second-order valence-corrected chi connectivity index (χ2v) is 4.94. The Morgan fingerprint density at radius 1 is 1.60 bits per heavy atom. The molecule has 0 aromatic heterocycles. The first-order valence-electron chi connectivity index (χ1n) is 5.56. The molecule has 88 valence electrons. The summed E-state index contributed by atoms with van der Waals surface area (Å²) >= 11 is 0. The molecule has 3 atom stereocenters. The molecule has 0 spiro atoms. The largest absolute Gasteiger partial charge is 0.376 e. The fourth-order valence-electron chi connectivity index (χ4n) is 1.67. The molecule has 1 rings (SSSR count). The standard InChI is InChI=1S/C11H22N2O2/c1-7(2)9(12)10(14)13-11(4)5-6-15-8(11)3/h7-9H,5-6,12H2,1-4H3,(H,13,14)/t8?,9-,11?/m0/s1. The Morgan fingerprint density at radius 2 is 2.20 bits per heavy atom. The number of carbonyl (C=O) groups excluding carboxylic acids is 1. The summed E-state index contributed by atoms with van der Waals surface area (Å²) in [4.78, 5) is 11.8. The summed E-state index contributed by atoms with van der Waals surface area (Å²) in [5.74, 6) is 0.0797. The van der Waals surface area contributed by atoms with Crippen molar-refractivity contribution in [3.63, 3.8) is 0 Å². The summed E-state index contributed by atoms with van der Waals surface area (Å²) in [7, 11) is 0. The number of nitrogens with two attached hydrogens (primary N) is 1. The van der Waals surface area contributed by atoms with Crippen LogP contribution in [0.1, 0.15) is 34.1 Å². The maximum atomic E-state index is 11.8. The minimum Gasteiger partial charge on any atom is -0.376 e. The van der Waals surface area contributed by atoms with Gasteiger partial charge in [-0.25, -0.2) is 0 Å². The Bertz CT molecular complexity index is 243. The molecule has 15 heavy (non-hydrogen) atoms. The van der Waals surface area contributed by atoms with Crippen molar-refractivity contribution in [1.82, 2.24) is 5.32 Å². The minimum atomic E-state index is -0.436. The van der Waals surface area contributed by atoms with Crippen molar-refractivity contribution in [1.29, 1.82) is 0 Å². The summed E-state index contributed by atoms with van der Waals surface area (Å²) in [5, 5.41) is 3.00. The molecule has 3 N–H and O–H groups in total. The first-order valence-corrected chi connectivity index (χ1v) is 5.56. The van der Waals surface area contributed by atoms with Crippen molar-refractivity contribution in [2.75, 3.05) is 6.61 Å². The van der Waals surface area contributed by atoms with Gasteiger partial charge in [0.2, 0.25) is 5.91 Å². The summed E-state index contributed by atoms with van der Waals surface area (Å²) in [5.41, 5.74) is 5.53. The normalized spacial score (nSPS) is 33.1.